The Morgan fingerprint density at radius 2 is 0.973 bits per heavy atom. The molecular weight excluding hydrogens is 911 g/mol. The number of pyridine rings is 1. The van der Waals surface area contributed by atoms with E-state index >= 15 is 0 Å². The van der Waals surface area contributed by atoms with Gasteiger partial charge in [0.2, 0.25) is 0 Å². The van der Waals surface area contributed by atoms with Gasteiger partial charge in [0.25, 0.3) is 0 Å². The molecule has 11 aromatic rings. The summed E-state index contributed by atoms with van der Waals surface area (Å²) in [6.07, 6.45) is 1.90. The maximum atomic E-state index is 9.27. The number of aromatic nitrogens is 1. The van der Waals surface area contributed by atoms with Crippen LogP contribution in [0.25, 0.3) is 55.6 Å². The number of nitrogens with zero attached hydrogens (tertiary/aromatic N) is 5. The highest BCUT2D eigenvalue weighted by atomic mass is 15.4. The molecule has 1 aromatic heterocycles. The summed E-state index contributed by atoms with van der Waals surface area (Å²) in [6, 6.07) is 62.6. The van der Waals surface area contributed by atoms with Crippen molar-refractivity contribution < 1.29 is 13.7 Å². The molecule has 0 amide bonds. The lowest BCUT2D eigenvalue weighted by Crippen LogP contribution is -2.25. The number of benzene rings is 10. The number of anilines is 10. The van der Waals surface area contributed by atoms with Crippen molar-refractivity contribution in [2.45, 2.75) is 26.2 Å². The molecule has 3 heterocycles. The highest BCUT2D eigenvalue weighted by Crippen LogP contribution is 2.54. The first kappa shape index (κ1) is 35.6. The van der Waals surface area contributed by atoms with Crippen LogP contribution in [0.1, 0.15) is 40.0 Å². The van der Waals surface area contributed by atoms with Crippen LogP contribution in [0.15, 0.2) is 267 Å². The molecule has 13 rings (SSSR count). The third-order valence-corrected chi connectivity index (χ3v) is 14.2. The van der Waals surface area contributed by atoms with Gasteiger partial charge in [-0.3, -0.25) is 4.90 Å². The van der Waals surface area contributed by atoms with Gasteiger partial charge in [0.05, 0.1) is 42.1 Å². The van der Waals surface area contributed by atoms with E-state index in [0.29, 0.717) is 11.4 Å². The second-order valence-corrected chi connectivity index (χ2v) is 19.7. The highest BCUT2D eigenvalue weighted by molar-refractivity contribution is 6.04. The van der Waals surface area contributed by atoms with Gasteiger partial charge < -0.3 is 14.7 Å². The largest absolute Gasteiger partial charge is 0.321 e. The van der Waals surface area contributed by atoms with E-state index in [1.807, 2.05) is 71.8 Å². The first-order chi connectivity index (χ1) is 41.0. The van der Waals surface area contributed by atoms with Crippen LogP contribution < -0.4 is 19.6 Å². The maximum Gasteiger partial charge on any atom is 0.137 e. The zero-order valence-corrected chi connectivity index (χ0v) is 41.6. The summed E-state index contributed by atoms with van der Waals surface area (Å²) in [5, 5.41) is 0. The number of rotatable bonds is 9. The molecule has 0 fully saturated rings. The van der Waals surface area contributed by atoms with E-state index in [2.05, 4.69) is 157 Å². The number of fused-ring (bicyclic) bond motifs is 6. The minimum atomic E-state index is -0.555. The lowest BCUT2D eigenvalue weighted by atomic mass is 9.87. The molecule has 2 aliphatic heterocycles. The van der Waals surface area contributed by atoms with Crippen LogP contribution in [-0.2, 0) is 5.41 Å². The molecule has 2 aliphatic rings. The Kier molecular flexibility index (Phi) is 8.96. The summed E-state index contributed by atoms with van der Waals surface area (Å²) >= 11 is 0. The molecule has 360 valence electrons. The Labute approximate surface area is 454 Å². The number of hydrogen-bond donors (Lipinski definition) is 0. The van der Waals surface area contributed by atoms with Crippen molar-refractivity contribution in [3.8, 4) is 55.6 Å². The van der Waals surface area contributed by atoms with Crippen molar-refractivity contribution in [3.05, 3.63) is 272 Å². The number of hydrogen-bond acceptors (Lipinski definition) is 5. The van der Waals surface area contributed by atoms with Crippen LogP contribution in [0.5, 0.6) is 0 Å². The van der Waals surface area contributed by atoms with Gasteiger partial charge in [-0.1, -0.05) is 209 Å². The predicted octanol–water partition coefficient (Wildman–Crippen LogP) is 19.2. The summed E-state index contributed by atoms with van der Waals surface area (Å²) in [6.45, 7) is 6.72. The van der Waals surface area contributed by atoms with Crippen LogP contribution >= 0.6 is 0 Å². The smallest absolute Gasteiger partial charge is 0.137 e. The molecule has 0 saturated heterocycles. The van der Waals surface area contributed by atoms with Gasteiger partial charge in [-0.15, -0.1) is 0 Å². The van der Waals surface area contributed by atoms with Crippen molar-refractivity contribution in [1.29, 1.82) is 0 Å². The van der Waals surface area contributed by atoms with Gasteiger partial charge in [-0.25, -0.2) is 4.98 Å². The van der Waals surface area contributed by atoms with Crippen molar-refractivity contribution in [2.24, 2.45) is 0 Å². The van der Waals surface area contributed by atoms with Crippen LogP contribution in [0.4, 0.5) is 57.0 Å². The normalized spacial score (nSPS) is 14.5. The summed E-state index contributed by atoms with van der Waals surface area (Å²) in [7, 11) is 0. The fourth-order valence-corrected chi connectivity index (χ4v) is 10.6. The Bertz CT molecular complexity index is 4350. The third kappa shape index (κ3) is 8.29. The fraction of sp³-hybridized carbons (Fsp3) is 0.0714. The second-order valence-electron chi connectivity index (χ2n) is 19.7. The standard InChI is InChI=1S/C70H55N5/c1-70(2,3)53-41-42-71-68(45-53)75-64-36-19-18-33-62(64)60-31-16-17-32-61(60)63-40-39-55(47-67(63)75)74(54-29-14-7-15-30-54)57-44-52(49-23-8-4-9-24-49)43-56(46-57)72-48-73(66-38-21-20-37-65(66)72)69-58(50-25-10-5-11-26-50)34-22-35-59(69)51-27-12-6-13-28-51/h4-47H,48H2,1-3H3/i5D,6D,10D,11D,12D,13D,25D,26D,27D,28D. The average Bonchev–Trinajstić information content (AvgIpc) is 2.17. The summed E-state index contributed by atoms with van der Waals surface area (Å²) < 4.78 is 89.2. The molecule has 0 unspecified atom stereocenters. The van der Waals surface area contributed by atoms with E-state index in [4.69, 9.17) is 13.2 Å². The molecule has 0 aliphatic carbocycles. The summed E-state index contributed by atoms with van der Waals surface area (Å²) in [5.74, 6) is 0.783. The molecule has 0 radical (unpaired) electrons. The van der Waals surface area contributed by atoms with Crippen molar-refractivity contribution in [1.82, 2.24) is 4.98 Å². The van der Waals surface area contributed by atoms with Crippen LogP contribution in [0.3, 0.4) is 0 Å². The minimum Gasteiger partial charge on any atom is -0.321 e. The third-order valence-electron chi connectivity index (χ3n) is 14.2. The monoisotopic (exact) mass is 976 g/mol. The van der Waals surface area contributed by atoms with Crippen LogP contribution in [-0.4, -0.2) is 11.7 Å². The summed E-state index contributed by atoms with van der Waals surface area (Å²) in [5.41, 5.74) is 14.4. The Morgan fingerprint density at radius 1 is 0.413 bits per heavy atom. The van der Waals surface area contributed by atoms with E-state index in [-0.39, 0.29) is 34.3 Å². The SMILES string of the molecule is [2H]c1c([2H])c([2H])c(-c2cccc(-c3c([2H])c([2H])c([2H])c([2H])c3[2H])c2N2CN(c3cc(-c4ccccc4)cc(N(c4ccccc4)c4ccc5c(c4)N(c4cc(C(C)(C)C)ccn4)c4ccccc4-c4ccccc4-5)c3)c3ccccc32)c([2H])c1[2H]. The molecule has 10 aromatic carbocycles. The molecule has 5 nitrogen and oxygen atoms in total. The molecule has 75 heavy (non-hydrogen) atoms. The van der Waals surface area contributed by atoms with E-state index in [0.717, 1.165) is 84.6 Å². The lowest BCUT2D eigenvalue weighted by Gasteiger charge is -2.32. The first-order valence-corrected chi connectivity index (χ1v) is 25.1. The Hall–Kier alpha value is -9.45. The maximum absolute atomic E-state index is 9.27. The molecule has 0 atom stereocenters. The van der Waals surface area contributed by atoms with Crippen molar-refractivity contribution in [2.75, 3.05) is 26.3 Å². The van der Waals surface area contributed by atoms with Crippen LogP contribution in [0, 0.1) is 0 Å². The van der Waals surface area contributed by atoms with E-state index in [1.165, 1.54) is 0 Å². The minimum absolute atomic E-state index is 0.0803. The molecule has 0 bridgehead atoms. The van der Waals surface area contributed by atoms with Crippen molar-refractivity contribution >= 4 is 57.0 Å². The number of para-hydroxylation sites is 5. The zero-order valence-electron chi connectivity index (χ0n) is 51.6. The van der Waals surface area contributed by atoms with Gasteiger partial charge in [-0.05, 0) is 117 Å². The van der Waals surface area contributed by atoms with E-state index < -0.39 is 60.4 Å². The lowest BCUT2D eigenvalue weighted by molar-refractivity contribution is 0.589. The van der Waals surface area contributed by atoms with Gasteiger partial charge in [0.15, 0.2) is 0 Å². The predicted molar refractivity (Wildman–Crippen MR) is 315 cm³/mol. The zero-order chi connectivity index (χ0) is 59.2. The van der Waals surface area contributed by atoms with Crippen molar-refractivity contribution in [3.63, 3.8) is 0 Å². The van der Waals surface area contributed by atoms with E-state index in [9.17, 15) is 5.48 Å². The summed E-state index contributed by atoms with van der Waals surface area (Å²) in [4.78, 5) is 13.8. The first-order valence-electron chi connectivity index (χ1n) is 30.1. The average molecular weight is 976 g/mol. The Balaban J connectivity index is 1.04. The van der Waals surface area contributed by atoms with Gasteiger partial charge in [0.1, 0.15) is 12.5 Å². The van der Waals surface area contributed by atoms with Gasteiger partial charge in [0, 0.05) is 51.2 Å². The molecule has 5 heteroatoms. The highest BCUT2D eigenvalue weighted by Gasteiger charge is 2.33. The molecule has 0 N–H and O–H groups in total. The Morgan fingerprint density at radius 3 is 1.63 bits per heavy atom. The van der Waals surface area contributed by atoms with Gasteiger partial charge >= 0.3 is 0 Å². The van der Waals surface area contributed by atoms with Gasteiger partial charge in [-0.2, -0.15) is 0 Å². The molecule has 0 saturated carbocycles. The fourth-order valence-electron chi connectivity index (χ4n) is 10.6. The molecule has 0 spiro atoms. The van der Waals surface area contributed by atoms with Crippen LogP contribution in [0.2, 0.25) is 0 Å². The molecular formula is C70H55N5. The quantitative estimate of drug-likeness (QED) is 0.144. The second kappa shape index (κ2) is 18.9. The topological polar surface area (TPSA) is 25.9 Å². The van der Waals surface area contributed by atoms with E-state index in [1.54, 1.807) is 18.2 Å².